The van der Waals surface area contributed by atoms with Gasteiger partial charge in [-0.25, -0.2) is 0 Å². The van der Waals surface area contributed by atoms with E-state index >= 15 is 0 Å². The summed E-state index contributed by atoms with van der Waals surface area (Å²) in [6, 6.07) is 8.18. The third-order valence-electron chi connectivity index (χ3n) is 2.75. The van der Waals surface area contributed by atoms with Crippen LogP contribution in [0.15, 0.2) is 40.8 Å². The van der Waals surface area contributed by atoms with Crippen LogP contribution in [0.1, 0.15) is 6.92 Å². The van der Waals surface area contributed by atoms with Crippen molar-refractivity contribution in [3.05, 3.63) is 47.1 Å². The molecule has 0 N–H and O–H groups in total. The summed E-state index contributed by atoms with van der Waals surface area (Å²) in [5.74, 6) is 0.462. The van der Waals surface area contributed by atoms with E-state index in [0.717, 1.165) is 11.0 Å². The fraction of sp³-hybridized carbons (Fsp3) is 0.143. The molecule has 0 bridgehead atoms. The minimum absolute atomic E-state index is 0.462. The summed E-state index contributed by atoms with van der Waals surface area (Å²) in [4.78, 5) is 0. The maximum Gasteiger partial charge on any atom is 0.135 e. The second kappa shape index (κ2) is 3.13. The van der Waals surface area contributed by atoms with Crippen LogP contribution in [0.3, 0.4) is 0 Å². The highest BCUT2D eigenvalue weighted by molar-refractivity contribution is 5.79. The molecule has 1 aliphatic rings. The van der Waals surface area contributed by atoms with Gasteiger partial charge in [0.25, 0.3) is 0 Å². The average Bonchev–Trinajstić information content (AvgIpc) is 2.47. The van der Waals surface area contributed by atoms with E-state index in [-0.39, 0.29) is 0 Å². The lowest BCUT2D eigenvalue weighted by molar-refractivity contribution is 0.575. The van der Waals surface area contributed by atoms with Gasteiger partial charge in [0, 0.05) is 10.6 Å². The summed E-state index contributed by atoms with van der Waals surface area (Å²) in [6.45, 7) is 2.18. The molecule has 0 spiro atoms. The van der Waals surface area contributed by atoms with E-state index in [9.17, 15) is 0 Å². The van der Waals surface area contributed by atoms with Crippen LogP contribution in [0.2, 0.25) is 0 Å². The fourth-order valence-corrected chi connectivity index (χ4v) is 2.02. The van der Waals surface area contributed by atoms with E-state index in [1.807, 2.05) is 18.2 Å². The van der Waals surface area contributed by atoms with Crippen molar-refractivity contribution in [1.82, 2.24) is 0 Å². The van der Waals surface area contributed by atoms with E-state index in [1.165, 1.54) is 10.6 Å². The molecule has 0 amide bonds. The minimum Gasteiger partial charge on any atom is -0.456 e. The topological polar surface area (TPSA) is 13.1 Å². The number of fused-ring (bicyclic) bond motifs is 3. The summed E-state index contributed by atoms with van der Waals surface area (Å²) in [6.07, 6.45) is 8.52. The van der Waals surface area contributed by atoms with E-state index in [1.54, 1.807) is 0 Å². The molecule has 1 heteroatoms. The van der Waals surface area contributed by atoms with Gasteiger partial charge in [-0.15, -0.1) is 0 Å². The molecule has 0 unspecified atom stereocenters. The number of allylic oxidation sites excluding steroid dienone is 2. The highest BCUT2D eigenvalue weighted by Gasteiger charge is 2.04. The van der Waals surface area contributed by atoms with Crippen molar-refractivity contribution in [2.75, 3.05) is 0 Å². The second-order valence-corrected chi connectivity index (χ2v) is 3.95. The molecule has 15 heavy (non-hydrogen) atoms. The lowest BCUT2D eigenvalue weighted by Gasteiger charge is -1.93. The maximum atomic E-state index is 5.78. The Hall–Kier alpha value is -1.76. The molecule has 1 atom stereocenters. The highest BCUT2D eigenvalue weighted by Crippen LogP contribution is 2.09. The van der Waals surface area contributed by atoms with Crippen molar-refractivity contribution >= 4 is 23.1 Å². The molecule has 0 fully saturated rings. The third kappa shape index (κ3) is 1.32. The SMILES string of the molecule is C[C@@H]1C=CC=c2oc3ccccc3c2=C1. The monoisotopic (exact) mass is 196 g/mol. The van der Waals surface area contributed by atoms with Crippen molar-refractivity contribution in [3.8, 4) is 0 Å². The normalized spacial score (nSPS) is 19.1. The standard InChI is InChI=1S/C14H12O/c1-10-5-4-8-14-12(9-10)11-6-2-3-7-13(11)15-14/h2-10H,1H3/t10-/m1/s1. The first kappa shape index (κ1) is 8.54. The quantitative estimate of drug-likeness (QED) is 0.629. The molecule has 1 heterocycles. The Labute approximate surface area is 88.0 Å². The van der Waals surface area contributed by atoms with Crippen LogP contribution in [-0.4, -0.2) is 0 Å². The number of hydrogen-bond donors (Lipinski definition) is 0. The first-order valence-electron chi connectivity index (χ1n) is 5.22. The Kier molecular flexibility index (Phi) is 1.78. The largest absolute Gasteiger partial charge is 0.456 e. The van der Waals surface area contributed by atoms with Crippen LogP contribution < -0.4 is 10.6 Å². The van der Waals surface area contributed by atoms with Gasteiger partial charge < -0.3 is 4.42 Å². The third-order valence-corrected chi connectivity index (χ3v) is 2.75. The lowest BCUT2D eigenvalue weighted by Crippen LogP contribution is -2.19. The van der Waals surface area contributed by atoms with Crippen LogP contribution in [0.4, 0.5) is 0 Å². The zero-order chi connectivity index (χ0) is 10.3. The molecule has 0 saturated carbocycles. The summed E-state index contributed by atoms with van der Waals surface area (Å²) in [5.41, 5.74) is 1.94. The van der Waals surface area contributed by atoms with Crippen molar-refractivity contribution in [3.63, 3.8) is 0 Å². The van der Waals surface area contributed by atoms with Gasteiger partial charge in [-0.3, -0.25) is 0 Å². The molecule has 74 valence electrons. The predicted octanol–water partition coefficient (Wildman–Crippen LogP) is 2.20. The maximum absolute atomic E-state index is 5.78. The van der Waals surface area contributed by atoms with Gasteiger partial charge in [-0.1, -0.05) is 43.4 Å². The van der Waals surface area contributed by atoms with Crippen LogP contribution in [-0.2, 0) is 0 Å². The van der Waals surface area contributed by atoms with Gasteiger partial charge >= 0.3 is 0 Å². The van der Waals surface area contributed by atoms with E-state index in [0.29, 0.717) is 5.92 Å². The van der Waals surface area contributed by atoms with Gasteiger partial charge in [0.1, 0.15) is 11.0 Å². The van der Waals surface area contributed by atoms with Gasteiger partial charge in [-0.05, 0) is 18.1 Å². The van der Waals surface area contributed by atoms with E-state index in [2.05, 4.69) is 37.3 Å². The zero-order valence-corrected chi connectivity index (χ0v) is 8.60. The minimum atomic E-state index is 0.462. The predicted molar refractivity (Wildman–Crippen MR) is 62.7 cm³/mol. The van der Waals surface area contributed by atoms with E-state index in [4.69, 9.17) is 4.42 Å². The average molecular weight is 196 g/mol. The Morgan fingerprint density at radius 1 is 1.20 bits per heavy atom. The van der Waals surface area contributed by atoms with Crippen LogP contribution >= 0.6 is 0 Å². The number of furan rings is 1. The number of hydrogen-bond acceptors (Lipinski definition) is 1. The van der Waals surface area contributed by atoms with Crippen molar-refractivity contribution in [2.24, 2.45) is 5.92 Å². The Morgan fingerprint density at radius 3 is 3.00 bits per heavy atom. The number of rotatable bonds is 0. The Balaban J connectivity index is 2.52. The molecule has 1 aliphatic carbocycles. The van der Waals surface area contributed by atoms with Crippen molar-refractivity contribution in [2.45, 2.75) is 6.92 Å². The van der Waals surface area contributed by atoms with Gasteiger partial charge in [0.2, 0.25) is 0 Å². The second-order valence-electron chi connectivity index (χ2n) is 3.95. The smallest absolute Gasteiger partial charge is 0.135 e. The van der Waals surface area contributed by atoms with Crippen LogP contribution in [0, 0.1) is 5.92 Å². The Morgan fingerprint density at radius 2 is 2.07 bits per heavy atom. The fourth-order valence-electron chi connectivity index (χ4n) is 2.02. The van der Waals surface area contributed by atoms with E-state index < -0.39 is 0 Å². The first-order chi connectivity index (χ1) is 7.34. The lowest BCUT2D eigenvalue weighted by atomic mass is 10.1. The van der Waals surface area contributed by atoms with Crippen molar-refractivity contribution in [1.29, 1.82) is 0 Å². The molecule has 3 rings (SSSR count). The molecule has 2 aromatic rings. The molecule has 1 aromatic heterocycles. The summed E-state index contributed by atoms with van der Waals surface area (Å²) in [7, 11) is 0. The molecule has 1 nitrogen and oxygen atoms in total. The molecule has 1 aromatic carbocycles. The zero-order valence-electron chi connectivity index (χ0n) is 8.60. The van der Waals surface area contributed by atoms with Gasteiger partial charge in [0.05, 0.1) is 0 Å². The molecule has 0 radical (unpaired) electrons. The molecule has 0 saturated heterocycles. The Bertz CT molecular complexity index is 644. The number of para-hydroxylation sites is 1. The molecular formula is C14H12O. The van der Waals surface area contributed by atoms with Crippen LogP contribution in [0.5, 0.6) is 0 Å². The molecular weight excluding hydrogens is 184 g/mol. The van der Waals surface area contributed by atoms with Crippen molar-refractivity contribution < 1.29 is 4.42 Å². The van der Waals surface area contributed by atoms with Gasteiger partial charge in [0.15, 0.2) is 0 Å². The summed E-state index contributed by atoms with van der Waals surface area (Å²) >= 11 is 0. The highest BCUT2D eigenvalue weighted by atomic mass is 16.3. The summed E-state index contributed by atoms with van der Waals surface area (Å²) < 4.78 is 5.78. The van der Waals surface area contributed by atoms with Crippen LogP contribution in [0.25, 0.3) is 23.1 Å². The summed E-state index contributed by atoms with van der Waals surface area (Å²) in [5, 5.41) is 2.43. The number of benzene rings is 1. The van der Waals surface area contributed by atoms with Gasteiger partial charge in [-0.2, -0.15) is 0 Å². The molecule has 0 aliphatic heterocycles. The first-order valence-corrected chi connectivity index (χ1v) is 5.22.